The summed E-state index contributed by atoms with van der Waals surface area (Å²) in [5.74, 6) is 0. The van der Waals surface area contributed by atoms with E-state index in [1.165, 1.54) is 25.7 Å². The largest absolute Gasteiger partial charge is 0.488 e. The summed E-state index contributed by atoms with van der Waals surface area (Å²) in [4.78, 5) is 9.39. The van der Waals surface area contributed by atoms with Crippen LogP contribution in [0.3, 0.4) is 0 Å². The van der Waals surface area contributed by atoms with Crippen LogP contribution in [0.1, 0.15) is 78.1 Å². The Morgan fingerprint density at radius 3 is 2.10 bits per heavy atom. The Morgan fingerprint density at radius 2 is 1.45 bits per heavy atom. The smallest absolute Gasteiger partial charge is 0.301 e. The van der Waals surface area contributed by atoms with E-state index in [-0.39, 0.29) is 6.61 Å². The van der Waals surface area contributed by atoms with Crippen LogP contribution in [-0.2, 0) is 13.7 Å². The number of hydroxylamine groups is 1. The predicted octanol–water partition coefficient (Wildman–Crippen LogP) is 4.57. The van der Waals surface area contributed by atoms with Crippen LogP contribution in [0.25, 0.3) is 0 Å². The molecule has 1 unspecified atom stereocenters. The molecule has 0 rings (SSSR count). The second-order valence-corrected chi connectivity index (χ2v) is 6.49. The molecule has 6 heteroatoms. The van der Waals surface area contributed by atoms with E-state index in [9.17, 15) is 9.46 Å². The monoisotopic (exact) mass is 309 g/mol. The number of phosphoric acid groups is 1. The molecule has 0 radical (unpaired) electrons. The predicted molar refractivity (Wildman–Crippen MR) is 82.4 cm³/mol. The molecule has 0 aliphatic heterocycles. The van der Waals surface area contributed by atoms with E-state index in [2.05, 4.69) is 19.3 Å². The van der Waals surface area contributed by atoms with Gasteiger partial charge in [0.1, 0.15) is 0 Å². The number of phosphoric ester groups is 1. The highest BCUT2D eigenvalue weighted by molar-refractivity contribution is 7.47. The molecule has 20 heavy (non-hydrogen) atoms. The molecule has 2 N–H and O–H groups in total. The van der Waals surface area contributed by atoms with Gasteiger partial charge in [0.15, 0.2) is 0 Å². The van der Waals surface area contributed by atoms with Gasteiger partial charge in [0.25, 0.3) is 0 Å². The van der Waals surface area contributed by atoms with E-state index in [0.717, 1.165) is 38.5 Å². The minimum absolute atomic E-state index is 0.270. The standard InChI is InChI=1S/C14H32NO4P/c1-3-5-7-9-10-11-13-15-19-20(16,17)18-14-12-8-6-4-2/h15H,3-14H2,1-2H3,(H,16,17). The van der Waals surface area contributed by atoms with E-state index < -0.39 is 7.82 Å². The molecular weight excluding hydrogens is 277 g/mol. The van der Waals surface area contributed by atoms with E-state index in [4.69, 9.17) is 9.15 Å². The molecule has 0 aromatic heterocycles. The zero-order valence-electron chi connectivity index (χ0n) is 13.1. The van der Waals surface area contributed by atoms with Crippen molar-refractivity contribution in [1.29, 1.82) is 0 Å². The van der Waals surface area contributed by atoms with Gasteiger partial charge < -0.3 is 4.89 Å². The van der Waals surface area contributed by atoms with Gasteiger partial charge in [-0.3, -0.25) is 4.52 Å². The summed E-state index contributed by atoms with van der Waals surface area (Å²) in [5.41, 5.74) is 2.53. The summed E-state index contributed by atoms with van der Waals surface area (Å²) >= 11 is 0. The van der Waals surface area contributed by atoms with Crippen molar-refractivity contribution in [1.82, 2.24) is 5.48 Å². The topological polar surface area (TPSA) is 67.8 Å². The fraction of sp³-hybridized carbons (Fsp3) is 1.00. The molecule has 0 saturated heterocycles. The van der Waals surface area contributed by atoms with Crippen LogP contribution in [0, 0.1) is 0 Å². The van der Waals surface area contributed by atoms with Crippen molar-refractivity contribution in [2.24, 2.45) is 0 Å². The molecule has 122 valence electrons. The van der Waals surface area contributed by atoms with Crippen molar-refractivity contribution >= 4 is 7.82 Å². The Balaban J connectivity index is 3.36. The average molecular weight is 309 g/mol. The molecule has 0 aromatic carbocycles. The number of rotatable bonds is 15. The van der Waals surface area contributed by atoms with Gasteiger partial charge >= 0.3 is 7.82 Å². The van der Waals surface area contributed by atoms with Crippen molar-refractivity contribution in [2.45, 2.75) is 78.1 Å². The summed E-state index contributed by atoms with van der Waals surface area (Å²) in [6.45, 7) is 5.16. The zero-order chi connectivity index (χ0) is 15.1. The molecule has 0 aromatic rings. The van der Waals surface area contributed by atoms with Crippen LogP contribution in [0.15, 0.2) is 0 Å². The lowest BCUT2D eigenvalue weighted by atomic mass is 10.1. The van der Waals surface area contributed by atoms with Gasteiger partial charge in [-0.2, -0.15) is 10.1 Å². The van der Waals surface area contributed by atoms with Crippen LogP contribution >= 0.6 is 7.82 Å². The first kappa shape index (κ1) is 20.1. The minimum atomic E-state index is -3.92. The molecule has 0 aliphatic rings. The Kier molecular flexibility index (Phi) is 14.1. The molecule has 0 spiro atoms. The van der Waals surface area contributed by atoms with Crippen LogP contribution in [0.2, 0.25) is 0 Å². The number of hydrogen-bond acceptors (Lipinski definition) is 4. The van der Waals surface area contributed by atoms with E-state index in [1.54, 1.807) is 0 Å². The first-order valence-electron chi connectivity index (χ1n) is 8.01. The third-order valence-electron chi connectivity index (χ3n) is 3.06. The first-order chi connectivity index (χ1) is 9.62. The maximum Gasteiger partial charge on any atom is 0.488 e. The SMILES string of the molecule is CCCCCCCCNOP(=O)(O)OCCCCCC. The molecule has 1 atom stereocenters. The summed E-state index contributed by atoms with van der Waals surface area (Å²) < 4.78 is 21.0. The van der Waals surface area contributed by atoms with Crippen LogP contribution in [0.4, 0.5) is 0 Å². The summed E-state index contributed by atoms with van der Waals surface area (Å²) in [6, 6.07) is 0. The zero-order valence-corrected chi connectivity index (χ0v) is 14.0. The molecular formula is C14H32NO4P. The normalized spacial score (nSPS) is 14.3. The van der Waals surface area contributed by atoms with E-state index >= 15 is 0 Å². The van der Waals surface area contributed by atoms with Gasteiger partial charge in [0.2, 0.25) is 0 Å². The number of unbranched alkanes of at least 4 members (excludes halogenated alkanes) is 8. The molecule has 0 saturated carbocycles. The van der Waals surface area contributed by atoms with Gasteiger partial charge in [0.05, 0.1) is 6.61 Å². The Bertz CT molecular complexity index is 251. The number of nitrogens with one attached hydrogen (secondary N) is 1. The van der Waals surface area contributed by atoms with Crippen molar-refractivity contribution in [3.8, 4) is 0 Å². The molecule has 5 nitrogen and oxygen atoms in total. The highest BCUT2D eigenvalue weighted by Crippen LogP contribution is 2.41. The van der Waals surface area contributed by atoms with Crippen molar-refractivity contribution in [3.05, 3.63) is 0 Å². The quantitative estimate of drug-likeness (QED) is 0.263. The third-order valence-corrected chi connectivity index (χ3v) is 3.93. The van der Waals surface area contributed by atoms with Gasteiger partial charge in [-0.25, -0.2) is 4.57 Å². The fourth-order valence-corrected chi connectivity index (χ4v) is 2.51. The van der Waals surface area contributed by atoms with Gasteiger partial charge in [-0.1, -0.05) is 65.2 Å². The van der Waals surface area contributed by atoms with Gasteiger partial charge in [-0.15, -0.1) is 0 Å². The first-order valence-corrected chi connectivity index (χ1v) is 9.50. The maximum absolute atomic E-state index is 11.5. The number of hydrogen-bond donors (Lipinski definition) is 2. The minimum Gasteiger partial charge on any atom is -0.301 e. The molecule has 0 bridgehead atoms. The Hall–Kier alpha value is 0.0700. The summed E-state index contributed by atoms with van der Waals surface area (Å²) in [5, 5.41) is 0. The van der Waals surface area contributed by atoms with Crippen molar-refractivity contribution in [2.75, 3.05) is 13.2 Å². The molecule has 0 heterocycles. The lowest BCUT2D eigenvalue weighted by Crippen LogP contribution is -2.15. The summed E-state index contributed by atoms with van der Waals surface area (Å²) in [6.07, 6.45) is 11.1. The van der Waals surface area contributed by atoms with E-state index in [1.807, 2.05) is 0 Å². The van der Waals surface area contributed by atoms with Gasteiger partial charge in [-0.05, 0) is 12.8 Å². The van der Waals surface area contributed by atoms with E-state index in [0.29, 0.717) is 6.54 Å². The highest BCUT2D eigenvalue weighted by Gasteiger charge is 2.20. The van der Waals surface area contributed by atoms with Crippen LogP contribution in [0.5, 0.6) is 0 Å². The Labute approximate surface area is 124 Å². The van der Waals surface area contributed by atoms with Crippen molar-refractivity contribution in [3.63, 3.8) is 0 Å². The van der Waals surface area contributed by atoms with Gasteiger partial charge in [0, 0.05) is 6.54 Å². The second-order valence-electron chi connectivity index (χ2n) is 5.12. The summed E-state index contributed by atoms with van der Waals surface area (Å²) in [7, 11) is -3.92. The van der Waals surface area contributed by atoms with Crippen LogP contribution < -0.4 is 5.48 Å². The molecule has 0 aliphatic carbocycles. The lowest BCUT2D eigenvalue weighted by molar-refractivity contribution is 0.0948. The van der Waals surface area contributed by atoms with Crippen LogP contribution in [-0.4, -0.2) is 18.0 Å². The fourth-order valence-electron chi connectivity index (χ4n) is 1.84. The third kappa shape index (κ3) is 14.5. The molecule has 0 amide bonds. The average Bonchev–Trinajstić information content (AvgIpc) is 2.41. The highest BCUT2D eigenvalue weighted by atomic mass is 31.2. The lowest BCUT2D eigenvalue weighted by Gasteiger charge is -2.12. The van der Waals surface area contributed by atoms with Crippen molar-refractivity contribution < 1.29 is 18.6 Å². The molecule has 0 fully saturated rings. The Morgan fingerprint density at radius 1 is 0.900 bits per heavy atom. The maximum atomic E-state index is 11.5. The second kappa shape index (κ2) is 14.0.